The Morgan fingerprint density at radius 3 is 2.65 bits per heavy atom. The molecule has 31 heavy (non-hydrogen) atoms. The molecule has 160 valence electrons. The lowest BCUT2D eigenvalue weighted by molar-refractivity contribution is 0.102. The van der Waals surface area contributed by atoms with Gasteiger partial charge in [-0.05, 0) is 43.0 Å². The van der Waals surface area contributed by atoms with Crippen LogP contribution in [0.4, 0.5) is 16.2 Å². The third-order valence-corrected chi connectivity index (χ3v) is 6.45. The van der Waals surface area contributed by atoms with Gasteiger partial charge < -0.3 is 15.5 Å². The number of carbonyl (C=O) groups excluding carboxylic acids is 2. The number of likely N-dealkylation sites (tertiary alicyclic amines) is 1. The molecule has 0 unspecified atom stereocenters. The minimum Gasteiger partial charge on any atom is -0.324 e. The van der Waals surface area contributed by atoms with Gasteiger partial charge in [0.15, 0.2) is 0 Å². The molecule has 1 atom stereocenters. The number of piperidine rings is 1. The van der Waals surface area contributed by atoms with Crippen LogP contribution in [-0.2, 0) is 6.42 Å². The summed E-state index contributed by atoms with van der Waals surface area (Å²) >= 11 is 1.30. The maximum absolute atomic E-state index is 12.8. The molecular formula is C23H25N5O2S. The zero-order valence-corrected chi connectivity index (χ0v) is 18.2. The van der Waals surface area contributed by atoms with Gasteiger partial charge in [0, 0.05) is 30.4 Å². The molecule has 0 spiro atoms. The minimum absolute atomic E-state index is 0.0803. The first kappa shape index (κ1) is 21.0. The summed E-state index contributed by atoms with van der Waals surface area (Å²) in [6.07, 6.45) is 2.67. The molecule has 7 nitrogen and oxygen atoms in total. The van der Waals surface area contributed by atoms with Crippen molar-refractivity contribution in [1.82, 2.24) is 15.1 Å². The van der Waals surface area contributed by atoms with Crippen LogP contribution in [0, 0.1) is 0 Å². The van der Waals surface area contributed by atoms with Crippen LogP contribution in [-0.4, -0.2) is 40.1 Å². The number of aromatic nitrogens is 2. The average Bonchev–Trinajstić information content (AvgIpc) is 3.31. The maximum Gasteiger partial charge on any atom is 0.321 e. The van der Waals surface area contributed by atoms with Crippen LogP contribution in [0.3, 0.4) is 0 Å². The van der Waals surface area contributed by atoms with E-state index in [1.54, 1.807) is 0 Å². The van der Waals surface area contributed by atoms with Crippen LogP contribution in [0.2, 0.25) is 0 Å². The second-order valence-electron chi connectivity index (χ2n) is 7.49. The SMILES string of the molecule is CCc1ccccc1NC(=O)N1CCC[C@H](c2nnc(C(=O)Nc3ccccc3)s2)C1. The molecule has 2 N–H and O–H groups in total. The topological polar surface area (TPSA) is 87.2 Å². The summed E-state index contributed by atoms with van der Waals surface area (Å²) in [5, 5.41) is 15.3. The normalized spacial score (nSPS) is 16.0. The molecule has 1 aliphatic rings. The fourth-order valence-corrected chi connectivity index (χ4v) is 4.57. The van der Waals surface area contributed by atoms with Crippen LogP contribution in [0.1, 0.15) is 46.1 Å². The number of hydrogen-bond acceptors (Lipinski definition) is 5. The number of anilines is 2. The molecule has 3 amide bonds. The molecule has 2 aromatic carbocycles. The van der Waals surface area contributed by atoms with E-state index in [4.69, 9.17) is 0 Å². The monoisotopic (exact) mass is 435 g/mol. The molecule has 8 heteroatoms. The van der Waals surface area contributed by atoms with Crippen molar-refractivity contribution < 1.29 is 9.59 Å². The standard InChI is InChI=1S/C23H25N5O2S/c1-2-16-9-6-7-13-19(16)25-23(30)28-14-8-10-17(15-28)21-26-27-22(31-21)20(29)24-18-11-4-3-5-12-18/h3-7,9,11-13,17H,2,8,10,14-15H2,1H3,(H,24,29)(H,25,30)/t17-/m0/s1. The first-order chi connectivity index (χ1) is 15.1. The second-order valence-corrected chi connectivity index (χ2v) is 8.50. The largest absolute Gasteiger partial charge is 0.324 e. The van der Waals surface area contributed by atoms with Crippen molar-refractivity contribution in [3.8, 4) is 0 Å². The molecule has 1 aliphatic heterocycles. The van der Waals surface area contributed by atoms with Crippen molar-refractivity contribution in [1.29, 1.82) is 0 Å². The highest BCUT2D eigenvalue weighted by Gasteiger charge is 2.28. The smallest absolute Gasteiger partial charge is 0.321 e. The van der Waals surface area contributed by atoms with Crippen molar-refractivity contribution in [2.75, 3.05) is 23.7 Å². The number of carbonyl (C=O) groups is 2. The molecule has 0 radical (unpaired) electrons. The Hall–Kier alpha value is -3.26. The van der Waals surface area contributed by atoms with Gasteiger partial charge in [0.2, 0.25) is 5.01 Å². The molecule has 0 saturated carbocycles. The highest BCUT2D eigenvalue weighted by Crippen LogP contribution is 2.30. The number of benzene rings is 2. The minimum atomic E-state index is -0.267. The van der Waals surface area contributed by atoms with Gasteiger partial charge in [0.1, 0.15) is 5.01 Å². The first-order valence-corrected chi connectivity index (χ1v) is 11.3. The van der Waals surface area contributed by atoms with Gasteiger partial charge in [-0.1, -0.05) is 54.7 Å². The lowest BCUT2D eigenvalue weighted by atomic mass is 9.99. The van der Waals surface area contributed by atoms with Gasteiger partial charge >= 0.3 is 6.03 Å². The molecule has 1 fully saturated rings. The lowest BCUT2D eigenvalue weighted by Crippen LogP contribution is -2.41. The number of amides is 3. The van der Waals surface area contributed by atoms with E-state index in [2.05, 4.69) is 27.8 Å². The van der Waals surface area contributed by atoms with Gasteiger partial charge in [0.25, 0.3) is 5.91 Å². The third kappa shape index (κ3) is 5.08. The lowest BCUT2D eigenvalue weighted by Gasteiger charge is -2.31. The van der Waals surface area contributed by atoms with Gasteiger partial charge in [0.05, 0.1) is 0 Å². The second kappa shape index (κ2) is 9.70. The van der Waals surface area contributed by atoms with E-state index < -0.39 is 0 Å². The summed E-state index contributed by atoms with van der Waals surface area (Å²) in [5.41, 5.74) is 2.69. The Morgan fingerprint density at radius 1 is 1.06 bits per heavy atom. The molecule has 2 heterocycles. The maximum atomic E-state index is 12.8. The first-order valence-electron chi connectivity index (χ1n) is 10.5. The van der Waals surface area contributed by atoms with Crippen LogP contribution >= 0.6 is 11.3 Å². The van der Waals surface area contributed by atoms with Crippen LogP contribution in [0.15, 0.2) is 54.6 Å². The fraction of sp³-hybridized carbons (Fsp3) is 0.304. The van der Waals surface area contributed by atoms with Crippen molar-refractivity contribution in [2.24, 2.45) is 0 Å². The predicted octanol–water partition coefficient (Wildman–Crippen LogP) is 4.76. The van der Waals surface area contributed by atoms with Crippen molar-refractivity contribution >= 4 is 34.6 Å². The molecule has 1 saturated heterocycles. The molecule has 4 rings (SSSR count). The van der Waals surface area contributed by atoms with Gasteiger partial charge in [-0.2, -0.15) is 0 Å². The number of nitrogens with zero attached hydrogens (tertiary/aromatic N) is 3. The zero-order valence-electron chi connectivity index (χ0n) is 17.4. The number of aryl methyl sites for hydroxylation is 1. The van der Waals surface area contributed by atoms with Crippen molar-refractivity contribution in [3.63, 3.8) is 0 Å². The summed E-state index contributed by atoms with van der Waals surface area (Å²) in [6.45, 7) is 3.34. The molecule has 0 aliphatic carbocycles. The number of hydrogen-bond donors (Lipinski definition) is 2. The van der Waals surface area contributed by atoms with Crippen LogP contribution in [0.25, 0.3) is 0 Å². The van der Waals surface area contributed by atoms with Crippen LogP contribution in [0.5, 0.6) is 0 Å². The number of nitrogens with one attached hydrogen (secondary N) is 2. The van der Waals surface area contributed by atoms with Crippen molar-refractivity contribution in [3.05, 3.63) is 70.2 Å². The van der Waals surface area contributed by atoms with E-state index in [0.717, 1.165) is 41.2 Å². The molecule has 3 aromatic rings. The summed E-state index contributed by atoms with van der Waals surface area (Å²) in [5.74, 6) is -0.187. The Kier molecular flexibility index (Phi) is 6.57. The molecule has 0 bridgehead atoms. The van der Waals surface area contributed by atoms with E-state index in [1.165, 1.54) is 11.3 Å². The van der Waals surface area contributed by atoms with Gasteiger partial charge in [-0.25, -0.2) is 4.79 Å². The Morgan fingerprint density at radius 2 is 1.84 bits per heavy atom. The van der Waals surface area contributed by atoms with Crippen LogP contribution < -0.4 is 10.6 Å². The zero-order chi connectivity index (χ0) is 21.6. The summed E-state index contributed by atoms with van der Waals surface area (Å²) in [7, 11) is 0. The number of urea groups is 1. The van der Waals surface area contributed by atoms with E-state index in [9.17, 15) is 9.59 Å². The quantitative estimate of drug-likeness (QED) is 0.605. The van der Waals surface area contributed by atoms with E-state index in [1.807, 2.05) is 59.5 Å². The average molecular weight is 436 g/mol. The molecular weight excluding hydrogens is 410 g/mol. The van der Waals surface area contributed by atoms with Gasteiger partial charge in [-0.3, -0.25) is 4.79 Å². The van der Waals surface area contributed by atoms with E-state index >= 15 is 0 Å². The highest BCUT2D eigenvalue weighted by molar-refractivity contribution is 7.13. The number of para-hydroxylation sites is 2. The summed E-state index contributed by atoms with van der Waals surface area (Å²) < 4.78 is 0. The van der Waals surface area contributed by atoms with Gasteiger partial charge in [-0.15, -0.1) is 10.2 Å². The van der Waals surface area contributed by atoms with E-state index in [-0.39, 0.29) is 17.9 Å². The third-order valence-electron chi connectivity index (χ3n) is 5.36. The van der Waals surface area contributed by atoms with Crippen molar-refractivity contribution in [2.45, 2.75) is 32.1 Å². The highest BCUT2D eigenvalue weighted by atomic mass is 32.1. The fourth-order valence-electron chi connectivity index (χ4n) is 3.71. The summed E-state index contributed by atoms with van der Waals surface area (Å²) in [4.78, 5) is 27.1. The Labute approximate surface area is 185 Å². The Bertz CT molecular complexity index is 1050. The number of rotatable bonds is 5. The predicted molar refractivity (Wildman–Crippen MR) is 123 cm³/mol. The Balaban J connectivity index is 1.39. The summed E-state index contributed by atoms with van der Waals surface area (Å²) in [6, 6.07) is 17.0. The van der Waals surface area contributed by atoms with E-state index in [0.29, 0.717) is 18.1 Å². The molecule has 1 aromatic heterocycles.